The van der Waals surface area contributed by atoms with Gasteiger partial charge in [-0.1, -0.05) is 0 Å². The van der Waals surface area contributed by atoms with Gasteiger partial charge in [-0.25, -0.2) is 0 Å². The molecule has 0 aliphatic carbocycles. The molecule has 0 fully saturated rings. The molecule has 0 atom stereocenters. The standard InChI is InChI=1S/C12H9N5O3/c13-9-8(4-14-17-9)12(20)15-5-1-2-6-7(3-5)11(19)16-10(6)18/h1-4H,(H,15,20)(H3,13,14,17)(H,16,18,19). The summed E-state index contributed by atoms with van der Waals surface area (Å²) in [6.45, 7) is 0. The van der Waals surface area contributed by atoms with Crippen LogP contribution in [0.3, 0.4) is 0 Å². The maximum Gasteiger partial charge on any atom is 0.261 e. The number of anilines is 2. The first-order chi connectivity index (χ1) is 9.56. The van der Waals surface area contributed by atoms with Crippen molar-refractivity contribution in [2.24, 2.45) is 0 Å². The lowest BCUT2D eigenvalue weighted by Gasteiger charge is -2.05. The number of amides is 3. The van der Waals surface area contributed by atoms with Crippen molar-refractivity contribution in [1.82, 2.24) is 15.5 Å². The van der Waals surface area contributed by atoms with Crippen molar-refractivity contribution in [2.45, 2.75) is 0 Å². The van der Waals surface area contributed by atoms with E-state index in [2.05, 4.69) is 20.8 Å². The van der Waals surface area contributed by atoms with E-state index in [-0.39, 0.29) is 22.5 Å². The van der Waals surface area contributed by atoms with E-state index < -0.39 is 17.7 Å². The zero-order chi connectivity index (χ0) is 14.3. The minimum Gasteiger partial charge on any atom is -0.383 e. The van der Waals surface area contributed by atoms with Crippen molar-refractivity contribution < 1.29 is 14.4 Å². The van der Waals surface area contributed by atoms with Crippen LogP contribution in [0.25, 0.3) is 0 Å². The average molecular weight is 271 g/mol. The first-order valence-corrected chi connectivity index (χ1v) is 5.66. The van der Waals surface area contributed by atoms with Gasteiger partial charge in [0.25, 0.3) is 17.7 Å². The van der Waals surface area contributed by atoms with Crippen LogP contribution in [-0.4, -0.2) is 27.9 Å². The third kappa shape index (κ3) is 1.79. The second-order valence-corrected chi connectivity index (χ2v) is 4.20. The second-order valence-electron chi connectivity index (χ2n) is 4.20. The Hall–Kier alpha value is -3.16. The molecular formula is C12H9N5O3. The lowest BCUT2D eigenvalue weighted by atomic mass is 10.1. The summed E-state index contributed by atoms with van der Waals surface area (Å²) in [7, 11) is 0. The van der Waals surface area contributed by atoms with Crippen molar-refractivity contribution in [1.29, 1.82) is 0 Å². The van der Waals surface area contributed by atoms with Crippen molar-refractivity contribution in [2.75, 3.05) is 11.1 Å². The maximum atomic E-state index is 11.9. The Kier molecular flexibility index (Phi) is 2.50. The van der Waals surface area contributed by atoms with Crippen LogP contribution in [0.1, 0.15) is 31.1 Å². The van der Waals surface area contributed by atoms with E-state index in [1.165, 1.54) is 24.4 Å². The minimum absolute atomic E-state index is 0.150. The molecule has 8 nitrogen and oxygen atoms in total. The van der Waals surface area contributed by atoms with Gasteiger partial charge in [0.2, 0.25) is 0 Å². The number of benzene rings is 1. The van der Waals surface area contributed by atoms with E-state index in [0.717, 1.165) is 0 Å². The molecule has 1 aromatic carbocycles. The quantitative estimate of drug-likeness (QED) is 0.577. The first kappa shape index (κ1) is 11.9. The normalized spacial score (nSPS) is 13.0. The zero-order valence-corrected chi connectivity index (χ0v) is 10.1. The SMILES string of the molecule is Nc1[nH]ncc1C(=O)Nc1ccc2c(c1)C(=O)NC2=O. The van der Waals surface area contributed by atoms with Crippen LogP contribution < -0.4 is 16.4 Å². The molecule has 20 heavy (non-hydrogen) atoms. The fraction of sp³-hybridized carbons (Fsp3) is 0. The number of fused-ring (bicyclic) bond motifs is 1. The van der Waals surface area contributed by atoms with Gasteiger partial charge in [-0.15, -0.1) is 0 Å². The molecule has 1 aromatic heterocycles. The van der Waals surface area contributed by atoms with Gasteiger partial charge < -0.3 is 11.1 Å². The second kappa shape index (κ2) is 4.19. The predicted molar refractivity (Wildman–Crippen MR) is 69.2 cm³/mol. The summed E-state index contributed by atoms with van der Waals surface area (Å²) in [6, 6.07) is 4.44. The van der Waals surface area contributed by atoms with Crippen LogP contribution in [0.4, 0.5) is 11.5 Å². The van der Waals surface area contributed by atoms with Crippen LogP contribution in [0.5, 0.6) is 0 Å². The molecule has 3 amide bonds. The van der Waals surface area contributed by atoms with Crippen LogP contribution >= 0.6 is 0 Å². The van der Waals surface area contributed by atoms with Gasteiger partial charge in [0.05, 0.1) is 17.3 Å². The number of imide groups is 1. The van der Waals surface area contributed by atoms with Crippen molar-refractivity contribution in [3.05, 3.63) is 41.1 Å². The highest BCUT2D eigenvalue weighted by Gasteiger charge is 2.26. The molecule has 3 rings (SSSR count). The molecule has 1 aliphatic heterocycles. The van der Waals surface area contributed by atoms with Gasteiger partial charge in [0.1, 0.15) is 11.4 Å². The number of aromatic amines is 1. The van der Waals surface area contributed by atoms with Gasteiger partial charge in [0.15, 0.2) is 0 Å². The Morgan fingerprint density at radius 3 is 2.65 bits per heavy atom. The number of carbonyl (C=O) groups is 3. The van der Waals surface area contributed by atoms with E-state index in [4.69, 9.17) is 5.73 Å². The monoisotopic (exact) mass is 271 g/mol. The van der Waals surface area contributed by atoms with Crippen LogP contribution in [-0.2, 0) is 0 Å². The molecule has 100 valence electrons. The fourth-order valence-corrected chi connectivity index (χ4v) is 1.92. The molecule has 0 saturated carbocycles. The van der Waals surface area contributed by atoms with Crippen molar-refractivity contribution >= 4 is 29.2 Å². The van der Waals surface area contributed by atoms with Crippen LogP contribution in [0, 0.1) is 0 Å². The Morgan fingerprint density at radius 1 is 1.20 bits per heavy atom. The molecule has 2 heterocycles. The summed E-state index contributed by atoms with van der Waals surface area (Å²) in [5.74, 6) is -1.23. The number of nitrogen functional groups attached to an aromatic ring is 1. The Bertz CT molecular complexity index is 749. The van der Waals surface area contributed by atoms with E-state index >= 15 is 0 Å². The van der Waals surface area contributed by atoms with E-state index in [1.54, 1.807) is 0 Å². The number of nitrogens with zero attached hydrogens (tertiary/aromatic N) is 1. The number of H-pyrrole nitrogens is 1. The summed E-state index contributed by atoms with van der Waals surface area (Å²) in [5.41, 5.74) is 6.64. The lowest BCUT2D eigenvalue weighted by molar-refractivity contribution is 0.0878. The molecular weight excluding hydrogens is 262 g/mol. The number of nitrogens with two attached hydrogens (primary N) is 1. The van der Waals surface area contributed by atoms with Crippen LogP contribution in [0.15, 0.2) is 24.4 Å². The largest absolute Gasteiger partial charge is 0.383 e. The molecule has 1 aliphatic rings. The van der Waals surface area contributed by atoms with Crippen molar-refractivity contribution in [3.8, 4) is 0 Å². The summed E-state index contributed by atoms with van der Waals surface area (Å²) in [6.07, 6.45) is 1.30. The molecule has 0 unspecified atom stereocenters. The Morgan fingerprint density at radius 2 is 1.95 bits per heavy atom. The molecule has 2 aromatic rings. The third-order valence-corrected chi connectivity index (χ3v) is 2.91. The fourth-order valence-electron chi connectivity index (χ4n) is 1.92. The van der Waals surface area contributed by atoms with Gasteiger partial charge in [-0.05, 0) is 18.2 Å². The Balaban J connectivity index is 1.88. The minimum atomic E-state index is -0.482. The van der Waals surface area contributed by atoms with Crippen molar-refractivity contribution in [3.63, 3.8) is 0 Å². The van der Waals surface area contributed by atoms with Crippen LogP contribution in [0.2, 0.25) is 0 Å². The van der Waals surface area contributed by atoms with E-state index in [1.807, 2.05) is 0 Å². The smallest absolute Gasteiger partial charge is 0.261 e. The highest BCUT2D eigenvalue weighted by molar-refractivity contribution is 6.22. The molecule has 5 N–H and O–H groups in total. The van der Waals surface area contributed by atoms with Gasteiger partial charge >= 0.3 is 0 Å². The number of hydrogen-bond donors (Lipinski definition) is 4. The predicted octanol–water partition coefficient (Wildman–Crippen LogP) is 0.128. The summed E-state index contributed by atoms with van der Waals surface area (Å²) in [5, 5.41) is 10.8. The summed E-state index contributed by atoms with van der Waals surface area (Å²) < 4.78 is 0. The maximum absolute atomic E-state index is 11.9. The summed E-state index contributed by atoms with van der Waals surface area (Å²) >= 11 is 0. The molecule has 8 heteroatoms. The molecule has 0 bridgehead atoms. The number of carbonyl (C=O) groups excluding carboxylic acids is 3. The van der Waals surface area contributed by atoms with Gasteiger partial charge in [0, 0.05) is 5.69 Å². The lowest BCUT2D eigenvalue weighted by Crippen LogP contribution is -2.19. The highest BCUT2D eigenvalue weighted by Crippen LogP contribution is 2.21. The average Bonchev–Trinajstić information content (AvgIpc) is 2.95. The Labute approximate surface area is 112 Å². The molecule has 0 radical (unpaired) electrons. The molecule has 0 saturated heterocycles. The summed E-state index contributed by atoms with van der Waals surface area (Å²) in [4.78, 5) is 34.8. The number of hydrogen-bond acceptors (Lipinski definition) is 5. The molecule has 0 spiro atoms. The number of rotatable bonds is 2. The van der Waals surface area contributed by atoms with E-state index in [0.29, 0.717) is 5.69 Å². The third-order valence-electron chi connectivity index (χ3n) is 2.91. The zero-order valence-electron chi connectivity index (χ0n) is 10.1. The topological polar surface area (TPSA) is 130 Å². The first-order valence-electron chi connectivity index (χ1n) is 5.66. The number of aromatic nitrogens is 2. The number of nitrogens with one attached hydrogen (secondary N) is 3. The highest BCUT2D eigenvalue weighted by atomic mass is 16.2. The van der Waals surface area contributed by atoms with Gasteiger partial charge in [-0.3, -0.25) is 24.8 Å². The van der Waals surface area contributed by atoms with Gasteiger partial charge in [-0.2, -0.15) is 5.10 Å². The van der Waals surface area contributed by atoms with E-state index in [9.17, 15) is 14.4 Å².